The first-order valence-electron chi connectivity index (χ1n) is 7.85. The van der Waals surface area contributed by atoms with Crippen LogP contribution in [-0.4, -0.2) is 28.3 Å². The minimum Gasteiger partial charge on any atom is -0.300 e. The molecule has 112 valence electrons. The maximum absolute atomic E-state index is 11.5. The summed E-state index contributed by atoms with van der Waals surface area (Å²) >= 11 is 1.78. The van der Waals surface area contributed by atoms with Gasteiger partial charge in [0.1, 0.15) is 5.78 Å². The maximum Gasteiger partial charge on any atom is 0.131 e. The molecule has 0 saturated carbocycles. The van der Waals surface area contributed by atoms with Gasteiger partial charge >= 0.3 is 0 Å². The molecule has 4 heteroatoms. The third kappa shape index (κ3) is 4.67. The van der Waals surface area contributed by atoms with E-state index in [1.807, 2.05) is 0 Å². The van der Waals surface area contributed by atoms with E-state index < -0.39 is 0 Å². The summed E-state index contributed by atoms with van der Waals surface area (Å²) in [5.41, 5.74) is 1.19. The van der Waals surface area contributed by atoms with Gasteiger partial charge in [0, 0.05) is 24.4 Å². The van der Waals surface area contributed by atoms with Crippen molar-refractivity contribution in [2.75, 3.05) is 6.54 Å². The third-order valence-electron chi connectivity index (χ3n) is 3.95. The van der Waals surface area contributed by atoms with Crippen LogP contribution in [0.15, 0.2) is 5.38 Å². The van der Waals surface area contributed by atoms with Crippen LogP contribution < -0.4 is 0 Å². The minimum atomic E-state index is 0.312. The fourth-order valence-electron chi connectivity index (χ4n) is 2.97. The second-order valence-electron chi connectivity index (χ2n) is 5.86. The highest BCUT2D eigenvalue weighted by molar-refractivity contribution is 7.09. The molecule has 1 saturated heterocycles. The van der Waals surface area contributed by atoms with Crippen molar-refractivity contribution in [1.82, 2.24) is 9.88 Å². The van der Waals surface area contributed by atoms with Crippen molar-refractivity contribution in [3.05, 3.63) is 16.1 Å². The third-order valence-corrected chi connectivity index (χ3v) is 4.91. The van der Waals surface area contributed by atoms with E-state index in [1.165, 1.54) is 30.0 Å². The van der Waals surface area contributed by atoms with Crippen molar-refractivity contribution < 1.29 is 4.79 Å². The van der Waals surface area contributed by atoms with Gasteiger partial charge in [0.05, 0.1) is 10.7 Å². The zero-order valence-corrected chi connectivity index (χ0v) is 13.5. The molecule has 1 atom stereocenters. The lowest BCUT2D eigenvalue weighted by Gasteiger charge is -2.28. The summed E-state index contributed by atoms with van der Waals surface area (Å²) in [5, 5.41) is 3.45. The number of hydrogen-bond donors (Lipinski definition) is 0. The Morgan fingerprint density at radius 3 is 3.05 bits per heavy atom. The first-order valence-corrected chi connectivity index (χ1v) is 8.73. The number of aromatic nitrogens is 1. The average Bonchev–Trinajstić information content (AvgIpc) is 2.72. The van der Waals surface area contributed by atoms with Crippen molar-refractivity contribution in [3.8, 4) is 0 Å². The second kappa shape index (κ2) is 7.89. The minimum absolute atomic E-state index is 0.312. The average molecular weight is 294 g/mol. The van der Waals surface area contributed by atoms with Gasteiger partial charge in [-0.05, 0) is 39.2 Å². The predicted octanol–water partition coefficient (Wildman–Crippen LogP) is 3.82. The molecule has 2 rings (SSSR count). The topological polar surface area (TPSA) is 33.2 Å². The number of carbonyl (C=O) groups excluding carboxylic acids is 1. The monoisotopic (exact) mass is 294 g/mol. The summed E-state index contributed by atoms with van der Waals surface area (Å²) in [6, 6.07) is 0.423. The van der Waals surface area contributed by atoms with Crippen LogP contribution in [0.1, 0.15) is 63.1 Å². The number of rotatable bonds is 6. The van der Waals surface area contributed by atoms with Crippen LogP contribution in [0.25, 0.3) is 0 Å². The van der Waals surface area contributed by atoms with E-state index >= 15 is 0 Å². The molecule has 1 aliphatic rings. The molecule has 1 aromatic rings. The van der Waals surface area contributed by atoms with Crippen LogP contribution in [0, 0.1) is 0 Å². The number of Topliss-reactive ketones (excluding diaryl/α,β-unsaturated/α-hetero) is 1. The van der Waals surface area contributed by atoms with E-state index in [1.54, 1.807) is 18.3 Å². The molecule has 0 spiro atoms. The van der Waals surface area contributed by atoms with E-state index in [2.05, 4.69) is 17.2 Å². The molecule has 1 unspecified atom stereocenters. The molecular formula is C16H26N2OS. The van der Waals surface area contributed by atoms with Crippen molar-refractivity contribution in [1.29, 1.82) is 0 Å². The summed E-state index contributed by atoms with van der Waals surface area (Å²) in [7, 11) is 0. The zero-order valence-electron chi connectivity index (χ0n) is 12.7. The molecule has 0 radical (unpaired) electrons. The fraction of sp³-hybridized carbons (Fsp3) is 0.750. The lowest BCUT2D eigenvalue weighted by molar-refractivity contribution is -0.118. The molecule has 0 bridgehead atoms. The van der Waals surface area contributed by atoms with Crippen molar-refractivity contribution in [2.45, 2.75) is 71.4 Å². The number of hydrogen-bond acceptors (Lipinski definition) is 4. The van der Waals surface area contributed by atoms with Crippen LogP contribution in [0.3, 0.4) is 0 Å². The summed E-state index contributed by atoms with van der Waals surface area (Å²) < 4.78 is 0. The Kier molecular flexibility index (Phi) is 6.17. The molecule has 1 fully saturated rings. The Morgan fingerprint density at radius 2 is 2.30 bits per heavy atom. The number of thiazole rings is 1. The van der Waals surface area contributed by atoms with E-state index in [-0.39, 0.29) is 0 Å². The summed E-state index contributed by atoms with van der Waals surface area (Å²) in [5.74, 6) is 0.312. The Balaban J connectivity index is 2.00. The molecule has 0 N–H and O–H groups in total. The first kappa shape index (κ1) is 15.6. The molecule has 1 aromatic heterocycles. The summed E-state index contributed by atoms with van der Waals surface area (Å²) in [4.78, 5) is 18.7. The van der Waals surface area contributed by atoms with Crippen molar-refractivity contribution in [3.63, 3.8) is 0 Å². The first-order chi connectivity index (χ1) is 9.69. The molecule has 0 aliphatic carbocycles. The molecular weight excluding hydrogens is 268 g/mol. The summed E-state index contributed by atoms with van der Waals surface area (Å²) in [6.07, 6.45) is 7.90. The van der Waals surface area contributed by atoms with Crippen LogP contribution >= 0.6 is 11.3 Å². The summed E-state index contributed by atoms with van der Waals surface area (Å²) in [6.45, 7) is 5.93. The number of likely N-dealkylation sites (tertiary alicyclic amines) is 1. The lowest BCUT2D eigenvalue weighted by Crippen LogP contribution is -2.35. The SMILES string of the molecule is CCCc1nc(CN2CCCCCC2CC(C)=O)cs1. The van der Waals surface area contributed by atoms with Gasteiger partial charge in [0.25, 0.3) is 0 Å². The van der Waals surface area contributed by atoms with Crippen molar-refractivity contribution in [2.24, 2.45) is 0 Å². The fourth-order valence-corrected chi connectivity index (χ4v) is 3.86. The normalized spacial score (nSPS) is 20.8. The van der Waals surface area contributed by atoms with Gasteiger partial charge in [-0.3, -0.25) is 9.69 Å². The largest absolute Gasteiger partial charge is 0.300 e. The number of aryl methyl sites for hydroxylation is 1. The van der Waals surface area contributed by atoms with E-state index in [4.69, 9.17) is 4.98 Å². The predicted molar refractivity (Wildman–Crippen MR) is 84.1 cm³/mol. The molecule has 0 amide bonds. The molecule has 2 heterocycles. The van der Waals surface area contributed by atoms with Gasteiger partial charge < -0.3 is 0 Å². The number of nitrogens with zero attached hydrogens (tertiary/aromatic N) is 2. The van der Waals surface area contributed by atoms with Gasteiger partial charge in [-0.25, -0.2) is 4.98 Å². The van der Waals surface area contributed by atoms with Gasteiger partial charge in [0.15, 0.2) is 0 Å². The quantitative estimate of drug-likeness (QED) is 0.799. The van der Waals surface area contributed by atoms with Gasteiger partial charge in [-0.1, -0.05) is 19.8 Å². The van der Waals surface area contributed by atoms with Crippen LogP contribution in [-0.2, 0) is 17.8 Å². The zero-order chi connectivity index (χ0) is 14.4. The Hall–Kier alpha value is -0.740. The highest BCUT2D eigenvalue weighted by Crippen LogP contribution is 2.22. The van der Waals surface area contributed by atoms with E-state index in [0.717, 1.165) is 32.4 Å². The maximum atomic E-state index is 11.5. The van der Waals surface area contributed by atoms with Crippen LogP contribution in [0.2, 0.25) is 0 Å². The van der Waals surface area contributed by atoms with Gasteiger partial charge in [0.2, 0.25) is 0 Å². The van der Waals surface area contributed by atoms with Crippen LogP contribution in [0.5, 0.6) is 0 Å². The van der Waals surface area contributed by atoms with Crippen molar-refractivity contribution >= 4 is 17.1 Å². The standard InChI is InChI=1S/C16H26N2OS/c1-3-7-16-17-14(12-20-16)11-18-9-6-4-5-8-15(18)10-13(2)19/h12,15H,3-11H2,1-2H3. The number of ketones is 1. The van der Waals surface area contributed by atoms with E-state index in [0.29, 0.717) is 18.2 Å². The second-order valence-corrected chi connectivity index (χ2v) is 6.81. The molecule has 3 nitrogen and oxygen atoms in total. The van der Waals surface area contributed by atoms with Crippen LogP contribution in [0.4, 0.5) is 0 Å². The Labute approximate surface area is 126 Å². The number of carbonyl (C=O) groups is 1. The molecule has 20 heavy (non-hydrogen) atoms. The Morgan fingerprint density at radius 1 is 1.45 bits per heavy atom. The smallest absolute Gasteiger partial charge is 0.131 e. The highest BCUT2D eigenvalue weighted by Gasteiger charge is 2.23. The van der Waals surface area contributed by atoms with Gasteiger partial charge in [-0.15, -0.1) is 11.3 Å². The molecule has 0 aromatic carbocycles. The lowest BCUT2D eigenvalue weighted by atomic mass is 10.0. The van der Waals surface area contributed by atoms with Gasteiger partial charge in [-0.2, -0.15) is 0 Å². The Bertz CT molecular complexity index is 430. The molecule has 1 aliphatic heterocycles. The highest BCUT2D eigenvalue weighted by atomic mass is 32.1. The van der Waals surface area contributed by atoms with E-state index in [9.17, 15) is 4.79 Å².